The molecule has 0 aliphatic carbocycles. The lowest BCUT2D eigenvalue weighted by atomic mass is 10.0. The van der Waals surface area contributed by atoms with E-state index in [0.29, 0.717) is 31.4 Å². The first kappa shape index (κ1) is 14.3. The highest BCUT2D eigenvalue weighted by molar-refractivity contribution is 6.16. The summed E-state index contributed by atoms with van der Waals surface area (Å²) in [4.78, 5) is 25.1. The number of piperidine rings is 1. The number of aliphatic hydroxyl groups is 1. The molecule has 0 aromatic heterocycles. The summed E-state index contributed by atoms with van der Waals surface area (Å²) >= 11 is 0. The Kier molecular flexibility index (Phi) is 4.54. The third-order valence-electron chi connectivity index (χ3n) is 3.19. The summed E-state index contributed by atoms with van der Waals surface area (Å²) in [7, 11) is 0. The van der Waals surface area contributed by atoms with Crippen LogP contribution in [0.1, 0.15) is 36.8 Å². The number of amides is 2. The third-order valence-corrected chi connectivity index (χ3v) is 3.19. The molecule has 0 atom stereocenters. The first-order valence-corrected chi connectivity index (χ1v) is 6.69. The summed E-state index contributed by atoms with van der Waals surface area (Å²) in [5.41, 5.74) is 2.31. The monoisotopic (exact) mass is 271 g/mol. The number of aryl methyl sites for hydroxylation is 1. The SMILES string of the molecule is Cc1cc(C#CCCO)ccc1N1C(=O)CCCC1=O. The predicted octanol–water partition coefficient (Wildman–Crippen LogP) is 1.77. The van der Waals surface area contributed by atoms with Gasteiger partial charge in [-0.15, -0.1) is 0 Å². The number of rotatable bonds is 2. The van der Waals surface area contributed by atoms with E-state index in [-0.39, 0.29) is 18.4 Å². The molecule has 0 saturated carbocycles. The van der Waals surface area contributed by atoms with Gasteiger partial charge in [-0.3, -0.25) is 14.5 Å². The zero-order valence-electron chi connectivity index (χ0n) is 11.5. The average Bonchev–Trinajstić information content (AvgIpc) is 2.41. The van der Waals surface area contributed by atoms with Gasteiger partial charge in [0.15, 0.2) is 0 Å². The summed E-state index contributed by atoms with van der Waals surface area (Å²) in [6.45, 7) is 1.91. The molecule has 0 unspecified atom stereocenters. The Labute approximate surface area is 118 Å². The molecule has 2 amide bonds. The number of carbonyl (C=O) groups is 2. The van der Waals surface area contributed by atoms with Gasteiger partial charge in [0.1, 0.15) is 0 Å². The molecule has 1 aliphatic heterocycles. The van der Waals surface area contributed by atoms with E-state index in [9.17, 15) is 9.59 Å². The van der Waals surface area contributed by atoms with Crippen LogP contribution in [0.4, 0.5) is 5.69 Å². The van der Waals surface area contributed by atoms with Crippen LogP contribution < -0.4 is 4.90 Å². The Morgan fingerprint density at radius 1 is 1.25 bits per heavy atom. The van der Waals surface area contributed by atoms with Gasteiger partial charge >= 0.3 is 0 Å². The van der Waals surface area contributed by atoms with E-state index in [2.05, 4.69) is 11.8 Å². The molecule has 1 N–H and O–H groups in total. The van der Waals surface area contributed by atoms with Crippen molar-refractivity contribution in [3.8, 4) is 11.8 Å². The number of benzene rings is 1. The van der Waals surface area contributed by atoms with Crippen molar-refractivity contribution in [2.24, 2.45) is 0 Å². The fourth-order valence-electron chi connectivity index (χ4n) is 2.23. The van der Waals surface area contributed by atoms with Crippen molar-refractivity contribution in [2.45, 2.75) is 32.6 Å². The van der Waals surface area contributed by atoms with Crippen LogP contribution >= 0.6 is 0 Å². The maximum Gasteiger partial charge on any atom is 0.233 e. The number of aliphatic hydroxyl groups excluding tert-OH is 1. The van der Waals surface area contributed by atoms with Crippen molar-refractivity contribution in [3.63, 3.8) is 0 Å². The van der Waals surface area contributed by atoms with Crippen LogP contribution in [0, 0.1) is 18.8 Å². The minimum atomic E-state index is -0.136. The summed E-state index contributed by atoms with van der Waals surface area (Å²) in [5.74, 6) is 5.52. The molecule has 4 heteroatoms. The smallest absolute Gasteiger partial charge is 0.233 e. The van der Waals surface area contributed by atoms with Gasteiger partial charge < -0.3 is 5.11 Å². The summed E-state index contributed by atoms with van der Waals surface area (Å²) in [6.07, 6.45) is 1.91. The lowest BCUT2D eigenvalue weighted by Crippen LogP contribution is -2.40. The molecule has 1 heterocycles. The van der Waals surface area contributed by atoms with E-state index in [1.54, 1.807) is 12.1 Å². The molecule has 4 nitrogen and oxygen atoms in total. The highest BCUT2D eigenvalue weighted by Crippen LogP contribution is 2.26. The lowest BCUT2D eigenvalue weighted by molar-refractivity contribution is -0.129. The van der Waals surface area contributed by atoms with Crippen molar-refractivity contribution < 1.29 is 14.7 Å². The van der Waals surface area contributed by atoms with Gasteiger partial charge in [0, 0.05) is 24.8 Å². The first-order valence-electron chi connectivity index (χ1n) is 6.69. The van der Waals surface area contributed by atoms with Crippen molar-refractivity contribution in [1.82, 2.24) is 0 Å². The Morgan fingerprint density at radius 3 is 2.55 bits per heavy atom. The molecule has 1 aliphatic rings. The summed E-state index contributed by atoms with van der Waals surface area (Å²) < 4.78 is 0. The van der Waals surface area contributed by atoms with Gasteiger partial charge in [-0.25, -0.2) is 0 Å². The summed E-state index contributed by atoms with van der Waals surface area (Å²) in [6, 6.07) is 5.41. The zero-order chi connectivity index (χ0) is 14.5. The Bertz CT molecular complexity index is 579. The fourth-order valence-corrected chi connectivity index (χ4v) is 2.23. The second kappa shape index (κ2) is 6.36. The topological polar surface area (TPSA) is 57.6 Å². The zero-order valence-corrected chi connectivity index (χ0v) is 11.5. The van der Waals surface area contributed by atoms with Crippen molar-refractivity contribution in [1.29, 1.82) is 0 Å². The van der Waals surface area contributed by atoms with Gasteiger partial charge in [0.05, 0.1) is 12.3 Å². The van der Waals surface area contributed by atoms with Gasteiger partial charge in [0.2, 0.25) is 11.8 Å². The van der Waals surface area contributed by atoms with E-state index < -0.39 is 0 Å². The van der Waals surface area contributed by atoms with E-state index >= 15 is 0 Å². The molecule has 20 heavy (non-hydrogen) atoms. The van der Waals surface area contributed by atoms with Crippen LogP contribution in [0.25, 0.3) is 0 Å². The molecular weight excluding hydrogens is 254 g/mol. The van der Waals surface area contributed by atoms with Crippen LogP contribution in [0.3, 0.4) is 0 Å². The minimum absolute atomic E-state index is 0.0425. The van der Waals surface area contributed by atoms with Gasteiger partial charge in [-0.05, 0) is 37.1 Å². The van der Waals surface area contributed by atoms with Gasteiger partial charge in [-0.2, -0.15) is 0 Å². The number of hydrogen-bond acceptors (Lipinski definition) is 3. The normalized spacial score (nSPS) is 15.0. The Balaban J connectivity index is 2.28. The van der Waals surface area contributed by atoms with Crippen LogP contribution in [-0.2, 0) is 9.59 Å². The molecule has 0 spiro atoms. The number of nitrogens with zero attached hydrogens (tertiary/aromatic N) is 1. The number of imide groups is 1. The second-order valence-corrected chi connectivity index (χ2v) is 4.75. The fraction of sp³-hybridized carbons (Fsp3) is 0.375. The molecule has 1 aromatic carbocycles. The maximum absolute atomic E-state index is 11.9. The van der Waals surface area contributed by atoms with Crippen molar-refractivity contribution >= 4 is 17.5 Å². The molecule has 1 fully saturated rings. The summed E-state index contributed by atoms with van der Waals surface area (Å²) in [5, 5.41) is 8.69. The molecule has 2 rings (SSSR count). The average molecular weight is 271 g/mol. The highest BCUT2D eigenvalue weighted by Gasteiger charge is 2.28. The maximum atomic E-state index is 11.9. The van der Waals surface area contributed by atoms with Gasteiger partial charge in [0.25, 0.3) is 0 Å². The number of carbonyl (C=O) groups excluding carboxylic acids is 2. The third kappa shape index (κ3) is 3.06. The largest absolute Gasteiger partial charge is 0.395 e. The minimum Gasteiger partial charge on any atom is -0.395 e. The Hall–Kier alpha value is -2.12. The quantitative estimate of drug-likeness (QED) is 0.659. The van der Waals surface area contributed by atoms with E-state index in [1.807, 2.05) is 13.0 Å². The number of anilines is 1. The Morgan fingerprint density at radius 2 is 1.95 bits per heavy atom. The van der Waals surface area contributed by atoms with E-state index in [4.69, 9.17) is 5.11 Å². The van der Waals surface area contributed by atoms with E-state index in [0.717, 1.165) is 11.1 Å². The van der Waals surface area contributed by atoms with Crippen LogP contribution in [-0.4, -0.2) is 23.5 Å². The van der Waals surface area contributed by atoms with E-state index in [1.165, 1.54) is 4.90 Å². The predicted molar refractivity (Wildman–Crippen MR) is 76.1 cm³/mol. The highest BCUT2D eigenvalue weighted by atomic mass is 16.2. The van der Waals surface area contributed by atoms with Crippen molar-refractivity contribution in [3.05, 3.63) is 29.3 Å². The van der Waals surface area contributed by atoms with Crippen LogP contribution in [0.5, 0.6) is 0 Å². The van der Waals surface area contributed by atoms with Crippen LogP contribution in [0.2, 0.25) is 0 Å². The lowest BCUT2D eigenvalue weighted by Gasteiger charge is -2.26. The first-order chi connectivity index (χ1) is 9.63. The second-order valence-electron chi connectivity index (χ2n) is 4.75. The van der Waals surface area contributed by atoms with Crippen LogP contribution in [0.15, 0.2) is 18.2 Å². The molecular formula is C16H17NO3. The van der Waals surface area contributed by atoms with Crippen molar-refractivity contribution in [2.75, 3.05) is 11.5 Å². The standard InChI is InChI=1S/C16H17NO3/c1-12-11-13(5-2-3-10-18)8-9-14(12)17-15(19)6-4-7-16(17)20/h8-9,11,18H,3-4,6-7,10H2,1H3. The molecule has 1 saturated heterocycles. The molecule has 0 bridgehead atoms. The molecule has 104 valence electrons. The number of hydrogen-bond donors (Lipinski definition) is 1. The molecule has 1 aromatic rings. The molecule has 0 radical (unpaired) electrons. The van der Waals surface area contributed by atoms with Gasteiger partial charge in [-0.1, -0.05) is 11.8 Å².